The molecule has 0 amide bonds. The second-order valence-corrected chi connectivity index (χ2v) is 9.17. The zero-order chi connectivity index (χ0) is 26.7. The van der Waals surface area contributed by atoms with Gasteiger partial charge in [-0.1, -0.05) is 54.6 Å². The van der Waals surface area contributed by atoms with Crippen LogP contribution in [-0.2, 0) is 20.4 Å². The number of pyridine rings is 4. The van der Waals surface area contributed by atoms with E-state index in [-0.39, 0.29) is 20.4 Å². The van der Waals surface area contributed by atoms with Crippen LogP contribution in [0.15, 0.2) is 128 Å². The monoisotopic (exact) mass is 700 g/mol. The predicted molar refractivity (Wildman–Crippen MR) is 159 cm³/mol. The van der Waals surface area contributed by atoms with Crippen LogP contribution < -0.4 is 0 Å². The van der Waals surface area contributed by atoms with Gasteiger partial charge in [0.15, 0.2) is 5.82 Å². The molecule has 0 aliphatic heterocycles. The number of benzene rings is 3. The fraction of sp³-hybridized carbons (Fsp3) is 0. The van der Waals surface area contributed by atoms with Gasteiger partial charge in [-0.05, 0) is 30.0 Å². The molecule has 3 aromatic carbocycles. The SMILES string of the molecule is [Re].[c-]1ccccc1-c1ccc2ccc3cccnc3c2n1.c1cnc(-c2ccc3ccc4cccnc4c3n2)nc1. The molecule has 0 bridgehead atoms. The summed E-state index contributed by atoms with van der Waals surface area (Å²) >= 11 is 0. The quantitative estimate of drug-likeness (QED) is 0.138. The van der Waals surface area contributed by atoms with Gasteiger partial charge in [0.05, 0.1) is 22.1 Å². The molecule has 0 unspecified atom stereocenters. The fourth-order valence-corrected chi connectivity index (χ4v) is 4.71. The molecule has 0 fully saturated rings. The first-order chi connectivity index (χ1) is 19.8. The summed E-state index contributed by atoms with van der Waals surface area (Å²) in [6.07, 6.45) is 7.03. The maximum Gasteiger partial charge on any atom is 0.178 e. The molecule has 0 N–H and O–H groups in total. The minimum absolute atomic E-state index is 0. The second-order valence-electron chi connectivity index (χ2n) is 9.17. The minimum atomic E-state index is 0. The van der Waals surface area contributed by atoms with Gasteiger partial charge in [0.25, 0.3) is 0 Å². The van der Waals surface area contributed by atoms with Gasteiger partial charge in [-0.3, -0.25) is 15.0 Å². The van der Waals surface area contributed by atoms with Crippen LogP contribution in [0.4, 0.5) is 0 Å². The molecule has 5 aromatic heterocycles. The van der Waals surface area contributed by atoms with Crippen LogP contribution in [0, 0.1) is 6.07 Å². The fourth-order valence-electron chi connectivity index (χ4n) is 4.71. The number of aromatic nitrogens is 6. The van der Waals surface area contributed by atoms with E-state index in [9.17, 15) is 0 Å². The van der Waals surface area contributed by atoms with Gasteiger partial charge < -0.3 is 0 Å². The van der Waals surface area contributed by atoms with Crippen molar-refractivity contribution in [1.82, 2.24) is 29.9 Å². The Bertz CT molecular complexity index is 1960. The molecule has 7 heteroatoms. The Morgan fingerprint density at radius 1 is 0.415 bits per heavy atom. The van der Waals surface area contributed by atoms with E-state index in [2.05, 4.69) is 67.4 Å². The predicted octanol–water partition coefficient (Wildman–Crippen LogP) is 7.49. The zero-order valence-corrected chi connectivity index (χ0v) is 24.4. The summed E-state index contributed by atoms with van der Waals surface area (Å²) in [5.74, 6) is 0.627. The maximum atomic E-state index is 4.78. The molecule has 5 heterocycles. The van der Waals surface area contributed by atoms with Crippen LogP contribution in [0.1, 0.15) is 0 Å². The van der Waals surface area contributed by atoms with Gasteiger partial charge in [0.1, 0.15) is 5.69 Å². The van der Waals surface area contributed by atoms with E-state index in [4.69, 9.17) is 4.98 Å². The standard InChI is InChI=1S/C18H11N2.C16H10N4.Re/c1-2-5-13(6-3-1)16-11-10-15-9-8-14-7-4-12-19-17(14)18(15)20-16;1-3-11-4-5-12-6-7-13(16-18-9-2-10-19-16)20-15(12)14(11)17-8-1;/h1-5,7-12H;1-10H;/q-1;;. The summed E-state index contributed by atoms with van der Waals surface area (Å²) in [6, 6.07) is 37.2. The molecule has 8 aromatic rings. The van der Waals surface area contributed by atoms with Crippen LogP contribution in [0.3, 0.4) is 0 Å². The van der Waals surface area contributed by atoms with Gasteiger partial charge in [-0.2, -0.15) is 0 Å². The topological polar surface area (TPSA) is 77.3 Å². The molecule has 0 spiro atoms. The Kier molecular flexibility index (Phi) is 7.47. The average Bonchev–Trinajstić information content (AvgIpc) is 3.05. The Balaban J connectivity index is 0.000000144. The molecule has 0 atom stereocenters. The third-order valence-electron chi connectivity index (χ3n) is 6.64. The van der Waals surface area contributed by atoms with E-state index in [1.54, 1.807) is 24.7 Å². The summed E-state index contributed by atoms with van der Waals surface area (Å²) < 4.78 is 0. The summed E-state index contributed by atoms with van der Waals surface area (Å²) in [6.45, 7) is 0. The van der Waals surface area contributed by atoms with Crippen molar-refractivity contribution in [2.75, 3.05) is 0 Å². The number of hydrogen-bond acceptors (Lipinski definition) is 6. The molecule has 1 radical (unpaired) electrons. The van der Waals surface area contributed by atoms with Gasteiger partial charge >= 0.3 is 0 Å². The molecule has 41 heavy (non-hydrogen) atoms. The van der Waals surface area contributed by atoms with E-state index in [1.165, 1.54) is 0 Å². The molecule has 6 nitrogen and oxygen atoms in total. The van der Waals surface area contributed by atoms with E-state index in [0.717, 1.165) is 60.6 Å². The van der Waals surface area contributed by atoms with Crippen molar-refractivity contribution in [3.63, 3.8) is 0 Å². The van der Waals surface area contributed by atoms with Crippen molar-refractivity contribution in [2.45, 2.75) is 0 Å². The molecule has 0 saturated heterocycles. The Morgan fingerprint density at radius 3 is 1.51 bits per heavy atom. The minimum Gasteiger partial charge on any atom is -0.294 e. The summed E-state index contributed by atoms with van der Waals surface area (Å²) in [5.41, 5.74) is 6.37. The first-order valence-corrected chi connectivity index (χ1v) is 12.9. The Labute approximate surface area is 249 Å². The molecule has 195 valence electrons. The van der Waals surface area contributed by atoms with Crippen LogP contribution in [0.25, 0.3) is 66.4 Å². The van der Waals surface area contributed by atoms with E-state index in [1.807, 2.05) is 66.9 Å². The molecule has 0 aliphatic rings. The van der Waals surface area contributed by atoms with Crippen molar-refractivity contribution in [3.05, 3.63) is 134 Å². The van der Waals surface area contributed by atoms with Gasteiger partial charge in [-0.25, -0.2) is 15.0 Å². The van der Waals surface area contributed by atoms with E-state index >= 15 is 0 Å². The number of fused-ring (bicyclic) bond motifs is 6. The van der Waals surface area contributed by atoms with Gasteiger partial charge in [0, 0.05) is 66.8 Å². The van der Waals surface area contributed by atoms with Crippen molar-refractivity contribution in [1.29, 1.82) is 0 Å². The van der Waals surface area contributed by atoms with Gasteiger partial charge in [0.2, 0.25) is 0 Å². The van der Waals surface area contributed by atoms with Crippen molar-refractivity contribution < 1.29 is 20.4 Å². The van der Waals surface area contributed by atoms with Crippen LogP contribution in [0.5, 0.6) is 0 Å². The molecular weight excluding hydrogens is 679 g/mol. The Hall–Kier alpha value is -4.96. The first-order valence-electron chi connectivity index (χ1n) is 12.9. The number of hydrogen-bond donors (Lipinski definition) is 0. The number of rotatable bonds is 2. The van der Waals surface area contributed by atoms with Crippen LogP contribution in [-0.4, -0.2) is 29.9 Å². The van der Waals surface area contributed by atoms with E-state index in [0.29, 0.717) is 5.82 Å². The molecule has 0 aliphatic carbocycles. The first kappa shape index (κ1) is 26.3. The third kappa shape index (κ3) is 5.29. The van der Waals surface area contributed by atoms with Crippen LogP contribution >= 0.6 is 0 Å². The molecule has 8 rings (SSSR count). The number of nitrogens with zero attached hydrogens (tertiary/aromatic N) is 6. The van der Waals surface area contributed by atoms with Crippen LogP contribution in [0.2, 0.25) is 0 Å². The van der Waals surface area contributed by atoms with Crippen molar-refractivity contribution >= 4 is 43.6 Å². The summed E-state index contributed by atoms with van der Waals surface area (Å²) in [4.78, 5) is 26.9. The Morgan fingerprint density at radius 2 is 0.927 bits per heavy atom. The summed E-state index contributed by atoms with van der Waals surface area (Å²) in [7, 11) is 0. The second kappa shape index (κ2) is 11.6. The van der Waals surface area contributed by atoms with Gasteiger partial charge in [-0.15, -0.1) is 35.9 Å². The largest absolute Gasteiger partial charge is 0.294 e. The molecule has 0 saturated carbocycles. The molecular formula is C34H21N6Re-. The van der Waals surface area contributed by atoms with Crippen molar-refractivity contribution in [3.8, 4) is 22.8 Å². The third-order valence-corrected chi connectivity index (χ3v) is 6.64. The smallest absolute Gasteiger partial charge is 0.178 e. The van der Waals surface area contributed by atoms with Crippen molar-refractivity contribution in [2.24, 2.45) is 0 Å². The summed E-state index contributed by atoms with van der Waals surface area (Å²) in [5, 5.41) is 4.37. The normalized spacial score (nSPS) is 10.7. The zero-order valence-electron chi connectivity index (χ0n) is 21.7. The average molecular weight is 700 g/mol. The van der Waals surface area contributed by atoms with E-state index < -0.39 is 0 Å². The maximum absolute atomic E-state index is 4.78.